The molecular weight excluding hydrogens is 445 g/mol. The third-order valence-corrected chi connectivity index (χ3v) is 6.12. The number of fused-ring (bicyclic) bond motifs is 1. The third-order valence-electron chi connectivity index (χ3n) is 5.68. The van der Waals surface area contributed by atoms with Gasteiger partial charge in [0.25, 0.3) is 0 Å². The molecule has 0 saturated carbocycles. The van der Waals surface area contributed by atoms with Gasteiger partial charge >= 0.3 is 6.18 Å². The van der Waals surface area contributed by atoms with Gasteiger partial charge in [-0.15, -0.1) is 0 Å². The van der Waals surface area contributed by atoms with Gasteiger partial charge in [0.2, 0.25) is 0 Å². The van der Waals surface area contributed by atoms with Gasteiger partial charge in [-0.3, -0.25) is 4.98 Å². The van der Waals surface area contributed by atoms with Crippen LogP contribution in [-0.4, -0.2) is 16.9 Å². The van der Waals surface area contributed by atoms with Gasteiger partial charge in [-0.05, 0) is 66.1 Å². The van der Waals surface area contributed by atoms with Crippen molar-refractivity contribution < 1.29 is 13.2 Å². The molecule has 0 radical (unpaired) electrons. The first kappa shape index (κ1) is 24.6. The Morgan fingerprint density at radius 3 is 2.36 bits per heavy atom. The Morgan fingerprint density at radius 1 is 1.15 bits per heavy atom. The number of pyridine rings is 1. The molecule has 0 saturated heterocycles. The molecule has 3 aromatic rings. The Morgan fingerprint density at radius 2 is 1.82 bits per heavy atom. The zero-order chi connectivity index (χ0) is 24.3. The van der Waals surface area contributed by atoms with E-state index in [0.29, 0.717) is 17.9 Å². The summed E-state index contributed by atoms with van der Waals surface area (Å²) < 4.78 is 38.7. The fraction of sp³-hybridized carbons (Fsp3) is 0.222. The molecule has 1 heterocycles. The van der Waals surface area contributed by atoms with Crippen LogP contribution in [0.25, 0.3) is 16.5 Å². The van der Waals surface area contributed by atoms with Gasteiger partial charge in [0.05, 0.1) is 16.1 Å². The second-order valence-corrected chi connectivity index (χ2v) is 8.13. The largest absolute Gasteiger partial charge is 0.416 e. The average Bonchev–Trinajstić information content (AvgIpc) is 2.80. The number of halogens is 4. The number of alkyl halides is 3. The van der Waals surface area contributed by atoms with Gasteiger partial charge in [0, 0.05) is 30.2 Å². The zero-order valence-corrected chi connectivity index (χ0v) is 19.7. The van der Waals surface area contributed by atoms with E-state index in [9.17, 15) is 13.2 Å². The lowest BCUT2D eigenvalue weighted by Gasteiger charge is -2.21. The molecule has 0 aliphatic heterocycles. The molecule has 0 unspecified atom stereocenters. The Bertz CT molecular complexity index is 1220. The molecule has 0 atom stereocenters. The summed E-state index contributed by atoms with van der Waals surface area (Å²) in [6.07, 6.45) is 0.371. The second-order valence-electron chi connectivity index (χ2n) is 7.75. The predicted molar refractivity (Wildman–Crippen MR) is 131 cm³/mol. The van der Waals surface area contributed by atoms with Gasteiger partial charge < -0.3 is 4.90 Å². The normalized spacial score (nSPS) is 12.2. The van der Waals surface area contributed by atoms with Crippen molar-refractivity contribution in [1.82, 2.24) is 9.88 Å². The van der Waals surface area contributed by atoms with Crippen LogP contribution in [0.2, 0.25) is 5.02 Å². The molecule has 2 nitrogen and oxygen atoms in total. The minimum atomic E-state index is -4.36. The smallest absolute Gasteiger partial charge is 0.351 e. The second kappa shape index (κ2) is 9.84. The first-order valence-electron chi connectivity index (χ1n) is 10.6. The van der Waals surface area contributed by atoms with E-state index in [2.05, 4.69) is 13.2 Å². The molecule has 2 aromatic carbocycles. The molecule has 0 amide bonds. The lowest BCUT2D eigenvalue weighted by Crippen LogP contribution is -2.10. The number of allylic oxidation sites excluding steroid dienone is 2. The van der Waals surface area contributed by atoms with Crippen molar-refractivity contribution >= 4 is 28.1 Å². The maximum absolute atomic E-state index is 12.9. The van der Waals surface area contributed by atoms with E-state index in [0.717, 1.165) is 56.7 Å². The van der Waals surface area contributed by atoms with Crippen molar-refractivity contribution in [1.29, 1.82) is 0 Å². The van der Waals surface area contributed by atoms with Crippen molar-refractivity contribution in [2.45, 2.75) is 32.9 Å². The number of aromatic nitrogens is 1. The summed E-state index contributed by atoms with van der Waals surface area (Å²) in [5.74, 6) is 0. The number of likely N-dealkylation sites (N-methyl/N-ethyl adjacent to an activating group) is 1. The summed E-state index contributed by atoms with van der Waals surface area (Å²) in [5, 5.41) is 1.34. The van der Waals surface area contributed by atoms with Gasteiger partial charge in [-0.1, -0.05) is 56.0 Å². The molecule has 3 rings (SSSR count). The molecule has 6 heteroatoms. The number of hydrogen-bond donors (Lipinski definition) is 0. The quantitative estimate of drug-likeness (QED) is 0.325. The molecule has 0 spiro atoms. The van der Waals surface area contributed by atoms with Crippen molar-refractivity contribution in [2.75, 3.05) is 7.05 Å². The first-order valence-corrected chi connectivity index (χ1v) is 11.0. The van der Waals surface area contributed by atoms with Crippen molar-refractivity contribution in [3.63, 3.8) is 0 Å². The van der Waals surface area contributed by atoms with E-state index in [1.807, 2.05) is 50.1 Å². The maximum atomic E-state index is 12.9. The highest BCUT2D eigenvalue weighted by Crippen LogP contribution is 2.34. The Labute approximate surface area is 197 Å². The van der Waals surface area contributed by atoms with Crippen molar-refractivity contribution in [2.24, 2.45) is 0 Å². The topological polar surface area (TPSA) is 16.1 Å². The van der Waals surface area contributed by atoms with E-state index in [4.69, 9.17) is 16.6 Å². The Kier molecular flexibility index (Phi) is 7.33. The van der Waals surface area contributed by atoms with Crippen LogP contribution in [-0.2, 0) is 19.0 Å². The highest BCUT2D eigenvalue weighted by atomic mass is 35.5. The number of aryl methyl sites for hydroxylation is 1. The van der Waals surface area contributed by atoms with Crippen molar-refractivity contribution in [3.05, 3.63) is 107 Å². The Balaban J connectivity index is 2.06. The Hall–Kier alpha value is -3.05. The van der Waals surface area contributed by atoms with Crippen LogP contribution < -0.4 is 0 Å². The molecule has 172 valence electrons. The standard InChI is InChI=1S/C27H26ClF3N2/c1-6-23-21(15-18-9-12-20(13-10-18)27(29,30)31)26(28)22-16-19(11-14-24(22)32-23)17(4)25(7-2)33(5)8-3/h7-14,16H,3-4,6,15H2,1-2,5H3/b25-7-. The molecule has 0 fully saturated rings. The van der Waals surface area contributed by atoms with Gasteiger partial charge in [-0.2, -0.15) is 13.2 Å². The molecule has 0 aliphatic carbocycles. The van der Waals surface area contributed by atoms with Crippen LogP contribution in [0.5, 0.6) is 0 Å². The maximum Gasteiger partial charge on any atom is 0.416 e. The monoisotopic (exact) mass is 470 g/mol. The van der Waals surface area contributed by atoms with E-state index in [1.54, 1.807) is 6.20 Å². The van der Waals surface area contributed by atoms with Crippen LogP contribution >= 0.6 is 11.6 Å². The molecule has 0 N–H and O–H groups in total. The molecule has 1 aromatic heterocycles. The summed E-state index contributed by atoms with van der Waals surface area (Å²) in [5.41, 5.74) is 5.14. The van der Waals surface area contributed by atoms with E-state index in [1.165, 1.54) is 12.1 Å². The lowest BCUT2D eigenvalue weighted by atomic mass is 9.96. The number of hydrogen-bond acceptors (Lipinski definition) is 2. The molecule has 33 heavy (non-hydrogen) atoms. The van der Waals surface area contributed by atoms with Crippen LogP contribution in [0, 0.1) is 0 Å². The summed E-state index contributed by atoms with van der Waals surface area (Å²) in [4.78, 5) is 6.68. The highest BCUT2D eigenvalue weighted by Gasteiger charge is 2.30. The molecule has 0 bridgehead atoms. The first-order chi connectivity index (χ1) is 15.6. The van der Waals surface area contributed by atoms with E-state index in [-0.39, 0.29) is 0 Å². The number of nitrogens with zero attached hydrogens (tertiary/aromatic N) is 2. The lowest BCUT2D eigenvalue weighted by molar-refractivity contribution is -0.137. The molecular formula is C27H26ClF3N2. The van der Waals surface area contributed by atoms with Crippen LogP contribution in [0.4, 0.5) is 13.2 Å². The molecule has 0 aliphatic rings. The van der Waals surface area contributed by atoms with E-state index >= 15 is 0 Å². The summed E-state index contributed by atoms with van der Waals surface area (Å²) in [6, 6.07) is 11.0. The van der Waals surface area contributed by atoms with Gasteiger partial charge in [0.1, 0.15) is 0 Å². The average molecular weight is 471 g/mol. The summed E-state index contributed by atoms with van der Waals surface area (Å²) >= 11 is 6.87. The fourth-order valence-electron chi connectivity index (χ4n) is 3.82. The summed E-state index contributed by atoms with van der Waals surface area (Å²) in [7, 11) is 1.90. The minimum absolute atomic E-state index is 0.396. The zero-order valence-electron chi connectivity index (χ0n) is 18.9. The predicted octanol–water partition coefficient (Wildman–Crippen LogP) is 8.05. The third kappa shape index (κ3) is 5.14. The van der Waals surface area contributed by atoms with Crippen molar-refractivity contribution in [3.8, 4) is 0 Å². The van der Waals surface area contributed by atoms with Crippen LogP contribution in [0.3, 0.4) is 0 Å². The summed E-state index contributed by atoms with van der Waals surface area (Å²) in [6.45, 7) is 12.0. The number of rotatable bonds is 7. The van der Waals surface area contributed by atoms with Gasteiger partial charge in [0.15, 0.2) is 0 Å². The van der Waals surface area contributed by atoms with E-state index < -0.39 is 11.7 Å². The van der Waals surface area contributed by atoms with Gasteiger partial charge in [-0.25, -0.2) is 0 Å². The van der Waals surface area contributed by atoms with Crippen LogP contribution in [0.1, 0.15) is 41.8 Å². The van der Waals surface area contributed by atoms with Crippen LogP contribution in [0.15, 0.2) is 73.6 Å². The SMILES string of the molecule is C=CN(C)/C(=C\C)C(=C)c1ccc2nc(CC)c(Cc3ccc(C(F)(F)F)cc3)c(Cl)c2c1. The fourth-order valence-corrected chi connectivity index (χ4v) is 4.15. The minimum Gasteiger partial charge on any atom is -0.351 e. The number of benzene rings is 2. The highest BCUT2D eigenvalue weighted by molar-refractivity contribution is 6.36.